The summed E-state index contributed by atoms with van der Waals surface area (Å²) in [4.78, 5) is 23.9. The van der Waals surface area contributed by atoms with Crippen molar-refractivity contribution in [1.82, 2.24) is 20.2 Å². The first-order chi connectivity index (χ1) is 15.2. The number of nitrogens with zero attached hydrogens (tertiary/aromatic N) is 3. The number of carbonyl (C=O) groups excluding carboxylic acids is 1. The molecule has 0 bridgehead atoms. The van der Waals surface area contributed by atoms with Crippen molar-refractivity contribution in [2.24, 2.45) is 0 Å². The minimum Gasteiger partial charge on any atom is -0.497 e. The normalized spacial score (nSPS) is 15.4. The molecule has 6 nitrogen and oxygen atoms in total. The number of pyridine rings is 1. The van der Waals surface area contributed by atoms with Gasteiger partial charge in [0.05, 0.1) is 25.3 Å². The summed E-state index contributed by atoms with van der Waals surface area (Å²) in [6.45, 7) is 2.71. The molecular weight excluding hydrogens is 408 g/mol. The highest BCUT2D eigenvalue weighted by Crippen LogP contribution is 2.26. The molecule has 1 amide bonds. The fourth-order valence-corrected chi connectivity index (χ4v) is 4.77. The zero-order valence-corrected chi connectivity index (χ0v) is 18.6. The van der Waals surface area contributed by atoms with Gasteiger partial charge in [0.15, 0.2) is 0 Å². The lowest BCUT2D eigenvalue weighted by atomic mass is 10.0. The zero-order valence-electron chi connectivity index (χ0n) is 17.8. The van der Waals surface area contributed by atoms with Gasteiger partial charge in [0.2, 0.25) is 5.91 Å². The summed E-state index contributed by atoms with van der Waals surface area (Å²) in [6, 6.07) is 12.2. The third-order valence-corrected chi connectivity index (χ3v) is 6.57. The van der Waals surface area contributed by atoms with E-state index in [0.29, 0.717) is 6.54 Å². The van der Waals surface area contributed by atoms with Gasteiger partial charge in [-0.2, -0.15) is 0 Å². The van der Waals surface area contributed by atoms with E-state index < -0.39 is 0 Å². The highest BCUT2D eigenvalue weighted by molar-refractivity contribution is 7.13. The van der Waals surface area contributed by atoms with Gasteiger partial charge in [-0.15, -0.1) is 11.3 Å². The van der Waals surface area contributed by atoms with Crippen molar-refractivity contribution in [3.8, 4) is 16.3 Å². The molecule has 1 fully saturated rings. The second kappa shape index (κ2) is 10.5. The molecule has 1 unspecified atom stereocenters. The molecule has 1 atom stereocenters. The molecule has 0 aliphatic carbocycles. The fourth-order valence-electron chi connectivity index (χ4n) is 3.96. The molecule has 2 aromatic heterocycles. The number of rotatable bonds is 8. The second-order valence-electron chi connectivity index (χ2n) is 7.75. The number of hydrogen-bond donors (Lipinski definition) is 1. The number of piperidine rings is 1. The van der Waals surface area contributed by atoms with Crippen LogP contribution in [0, 0.1) is 0 Å². The van der Waals surface area contributed by atoms with Crippen LogP contribution < -0.4 is 10.1 Å². The van der Waals surface area contributed by atoms with Crippen LogP contribution >= 0.6 is 11.3 Å². The van der Waals surface area contributed by atoms with Gasteiger partial charge in [0, 0.05) is 29.9 Å². The first kappa shape index (κ1) is 21.5. The van der Waals surface area contributed by atoms with Gasteiger partial charge in [-0.1, -0.05) is 18.6 Å². The number of likely N-dealkylation sites (tertiary alicyclic amines) is 1. The van der Waals surface area contributed by atoms with E-state index in [1.807, 2.05) is 29.6 Å². The van der Waals surface area contributed by atoms with E-state index in [-0.39, 0.29) is 18.4 Å². The van der Waals surface area contributed by atoms with Crippen LogP contribution in [-0.4, -0.2) is 47.5 Å². The lowest BCUT2D eigenvalue weighted by Crippen LogP contribution is -2.41. The highest BCUT2D eigenvalue weighted by Gasteiger charge is 2.23. The summed E-state index contributed by atoms with van der Waals surface area (Å²) in [5.74, 6) is 0.844. The van der Waals surface area contributed by atoms with Gasteiger partial charge in [-0.3, -0.25) is 14.7 Å². The molecule has 31 heavy (non-hydrogen) atoms. The summed E-state index contributed by atoms with van der Waals surface area (Å²) < 4.78 is 5.30. The first-order valence-corrected chi connectivity index (χ1v) is 11.6. The Labute approximate surface area is 187 Å². The first-order valence-electron chi connectivity index (χ1n) is 10.7. The van der Waals surface area contributed by atoms with Gasteiger partial charge in [-0.25, -0.2) is 4.98 Å². The van der Waals surface area contributed by atoms with Crippen molar-refractivity contribution in [3.63, 3.8) is 0 Å². The van der Waals surface area contributed by atoms with Crippen LogP contribution in [0.5, 0.6) is 5.75 Å². The lowest BCUT2D eigenvalue weighted by Gasteiger charge is -2.35. The largest absolute Gasteiger partial charge is 0.497 e. The van der Waals surface area contributed by atoms with Crippen LogP contribution in [0.2, 0.25) is 0 Å². The Morgan fingerprint density at radius 1 is 1.19 bits per heavy atom. The van der Waals surface area contributed by atoms with Gasteiger partial charge in [0.1, 0.15) is 10.8 Å². The number of thiazole rings is 1. The minimum absolute atomic E-state index is 0.00134. The molecule has 7 heteroatoms. The zero-order chi connectivity index (χ0) is 21.5. The number of aromatic nitrogens is 2. The van der Waals surface area contributed by atoms with E-state index >= 15 is 0 Å². The summed E-state index contributed by atoms with van der Waals surface area (Å²) >= 11 is 1.54. The molecule has 162 valence electrons. The standard InChI is InChI=1S/C24H28N4O2S/c1-30-21-9-7-18(8-10-21)22(28-12-3-2-4-13-28)16-26-23(29)14-20-17-31-24(27-20)19-6-5-11-25-15-19/h5-11,15,17,22H,2-4,12-14,16H2,1H3,(H,26,29). The van der Waals surface area contributed by atoms with Crippen molar-refractivity contribution in [2.75, 3.05) is 26.7 Å². The highest BCUT2D eigenvalue weighted by atomic mass is 32.1. The summed E-state index contributed by atoms with van der Waals surface area (Å²) in [6.07, 6.45) is 7.51. The van der Waals surface area contributed by atoms with Crippen molar-refractivity contribution in [3.05, 3.63) is 65.4 Å². The maximum atomic E-state index is 12.7. The number of benzene rings is 1. The molecular formula is C24H28N4O2S. The Kier molecular flexibility index (Phi) is 7.27. The van der Waals surface area contributed by atoms with Crippen LogP contribution in [0.3, 0.4) is 0 Å². The summed E-state index contributed by atoms with van der Waals surface area (Å²) in [7, 11) is 1.68. The maximum Gasteiger partial charge on any atom is 0.226 e. The number of nitrogens with one attached hydrogen (secondary N) is 1. The van der Waals surface area contributed by atoms with Crippen LogP contribution in [0.15, 0.2) is 54.2 Å². The second-order valence-corrected chi connectivity index (χ2v) is 8.61. The van der Waals surface area contributed by atoms with Gasteiger partial charge >= 0.3 is 0 Å². The van der Waals surface area contributed by atoms with Gasteiger partial charge in [0.25, 0.3) is 0 Å². The fraction of sp³-hybridized carbons (Fsp3) is 0.375. The number of carbonyl (C=O) groups is 1. The number of methoxy groups -OCH3 is 1. The minimum atomic E-state index is -0.00134. The molecule has 0 saturated carbocycles. The van der Waals surface area contributed by atoms with E-state index in [0.717, 1.165) is 35.1 Å². The Bertz CT molecular complexity index is 969. The molecule has 1 aromatic carbocycles. The van der Waals surface area contributed by atoms with Gasteiger partial charge in [-0.05, 0) is 55.8 Å². The molecule has 1 aliphatic rings. The van der Waals surface area contributed by atoms with Crippen LogP contribution in [0.1, 0.15) is 36.6 Å². The van der Waals surface area contributed by atoms with Crippen molar-refractivity contribution < 1.29 is 9.53 Å². The number of ether oxygens (including phenoxy) is 1. The molecule has 1 saturated heterocycles. The molecule has 3 heterocycles. The Morgan fingerprint density at radius 3 is 2.71 bits per heavy atom. The van der Waals surface area contributed by atoms with E-state index in [2.05, 4.69) is 32.3 Å². The van der Waals surface area contributed by atoms with E-state index in [1.54, 1.807) is 30.8 Å². The van der Waals surface area contributed by atoms with Crippen LogP contribution in [-0.2, 0) is 11.2 Å². The summed E-state index contributed by atoms with van der Waals surface area (Å²) in [5.41, 5.74) is 2.97. The lowest BCUT2D eigenvalue weighted by molar-refractivity contribution is -0.120. The topological polar surface area (TPSA) is 67.3 Å². The van der Waals surface area contributed by atoms with E-state index in [4.69, 9.17) is 4.74 Å². The Balaban J connectivity index is 1.39. The molecule has 1 N–H and O–H groups in total. The predicted octanol–water partition coefficient (Wildman–Crippen LogP) is 4.10. The number of hydrogen-bond acceptors (Lipinski definition) is 6. The molecule has 3 aromatic rings. The quantitative estimate of drug-likeness (QED) is 0.576. The van der Waals surface area contributed by atoms with Crippen molar-refractivity contribution >= 4 is 17.2 Å². The van der Waals surface area contributed by atoms with Crippen LogP contribution in [0.25, 0.3) is 10.6 Å². The molecule has 0 radical (unpaired) electrons. The number of amides is 1. The summed E-state index contributed by atoms with van der Waals surface area (Å²) in [5, 5.41) is 5.99. The van der Waals surface area contributed by atoms with Crippen LogP contribution in [0.4, 0.5) is 0 Å². The van der Waals surface area contributed by atoms with E-state index in [9.17, 15) is 4.79 Å². The monoisotopic (exact) mass is 436 g/mol. The molecule has 1 aliphatic heterocycles. The SMILES string of the molecule is COc1ccc(C(CNC(=O)Cc2csc(-c3cccnc3)n2)N2CCCCC2)cc1. The third kappa shape index (κ3) is 5.68. The molecule has 4 rings (SSSR count). The molecule has 0 spiro atoms. The van der Waals surface area contributed by atoms with Crippen molar-refractivity contribution in [2.45, 2.75) is 31.7 Å². The average molecular weight is 437 g/mol. The van der Waals surface area contributed by atoms with Crippen molar-refractivity contribution in [1.29, 1.82) is 0 Å². The Hall–Kier alpha value is -2.77. The average Bonchev–Trinajstić information content (AvgIpc) is 3.29. The Morgan fingerprint density at radius 2 is 2.00 bits per heavy atom. The predicted molar refractivity (Wildman–Crippen MR) is 123 cm³/mol. The van der Waals surface area contributed by atoms with E-state index in [1.165, 1.54) is 24.8 Å². The third-order valence-electron chi connectivity index (χ3n) is 5.63. The maximum absolute atomic E-state index is 12.7. The smallest absolute Gasteiger partial charge is 0.226 e. The van der Waals surface area contributed by atoms with Gasteiger partial charge < -0.3 is 10.1 Å².